The van der Waals surface area contributed by atoms with Crippen molar-refractivity contribution in [2.75, 3.05) is 17.6 Å². The number of fused-ring (bicyclic) bond motifs is 1. The van der Waals surface area contributed by atoms with E-state index in [9.17, 15) is 9.59 Å². The van der Waals surface area contributed by atoms with Crippen molar-refractivity contribution in [1.29, 1.82) is 0 Å². The van der Waals surface area contributed by atoms with Crippen LogP contribution in [0.2, 0.25) is 0 Å². The second-order valence-electron chi connectivity index (χ2n) is 3.98. The smallest absolute Gasteiger partial charge is 0.322 e. The molecule has 0 saturated carbocycles. The first-order chi connectivity index (χ1) is 9.60. The van der Waals surface area contributed by atoms with Crippen molar-refractivity contribution < 1.29 is 19.1 Å². The highest BCUT2D eigenvalue weighted by atomic mass is 32.1. The quantitative estimate of drug-likeness (QED) is 0.586. The van der Waals surface area contributed by atoms with E-state index >= 15 is 0 Å². The summed E-state index contributed by atoms with van der Waals surface area (Å²) in [6.07, 6.45) is 0. The molecule has 1 aromatic carbocycles. The molecule has 7 nitrogen and oxygen atoms in total. The van der Waals surface area contributed by atoms with Crippen LogP contribution in [0.3, 0.4) is 0 Å². The van der Waals surface area contributed by atoms with Crippen LogP contribution in [0, 0.1) is 0 Å². The molecule has 1 atom stereocenters. The summed E-state index contributed by atoms with van der Waals surface area (Å²) < 4.78 is 5.42. The van der Waals surface area contributed by atoms with Crippen LogP contribution in [-0.2, 0) is 9.59 Å². The molecular formula is C12H13N3O4S. The van der Waals surface area contributed by atoms with E-state index < -0.39 is 24.5 Å². The molecule has 0 aliphatic heterocycles. The molecule has 0 spiro atoms. The molecule has 8 heteroatoms. The van der Waals surface area contributed by atoms with Gasteiger partial charge >= 0.3 is 5.97 Å². The summed E-state index contributed by atoms with van der Waals surface area (Å²) in [4.78, 5) is 26.3. The van der Waals surface area contributed by atoms with Gasteiger partial charge in [-0.3, -0.25) is 9.59 Å². The van der Waals surface area contributed by atoms with Crippen LogP contribution >= 0.6 is 12.6 Å². The number of carbonyl (C=O) groups excluding carboxylic acids is 1. The molecule has 2 rings (SSSR count). The zero-order valence-electron chi connectivity index (χ0n) is 10.4. The lowest BCUT2D eigenvalue weighted by molar-refractivity contribution is -0.137. The average molecular weight is 295 g/mol. The number of thiol groups is 1. The third-order valence-corrected chi connectivity index (χ3v) is 2.87. The minimum Gasteiger partial charge on any atom is -0.480 e. The Labute approximate surface area is 119 Å². The molecule has 0 radical (unpaired) electrons. The molecule has 106 valence electrons. The number of nitrogens with one attached hydrogen (secondary N) is 2. The maximum Gasteiger partial charge on any atom is 0.322 e. The number of aromatic nitrogens is 1. The lowest BCUT2D eigenvalue weighted by atomic mass is 10.3. The van der Waals surface area contributed by atoms with Crippen LogP contribution in [0.25, 0.3) is 11.1 Å². The van der Waals surface area contributed by atoms with Gasteiger partial charge in [0.25, 0.3) is 6.01 Å². The maximum absolute atomic E-state index is 11.7. The molecule has 0 saturated heterocycles. The Morgan fingerprint density at radius 3 is 2.80 bits per heavy atom. The second-order valence-corrected chi connectivity index (χ2v) is 4.34. The van der Waals surface area contributed by atoms with E-state index in [0.29, 0.717) is 11.1 Å². The van der Waals surface area contributed by atoms with Gasteiger partial charge in [0.05, 0.1) is 0 Å². The van der Waals surface area contributed by atoms with Crippen LogP contribution in [0.5, 0.6) is 0 Å². The van der Waals surface area contributed by atoms with Gasteiger partial charge in [0, 0.05) is 5.75 Å². The SMILES string of the molecule is O=C(O)CNC(=O)C(CS)Nc1nc2ccccc2o1. The average Bonchev–Trinajstić information content (AvgIpc) is 2.84. The van der Waals surface area contributed by atoms with E-state index in [0.717, 1.165) is 0 Å². The van der Waals surface area contributed by atoms with Gasteiger partial charge in [-0.1, -0.05) is 12.1 Å². The Morgan fingerprint density at radius 2 is 2.15 bits per heavy atom. The number of carboxylic acid groups (broad SMARTS) is 1. The van der Waals surface area contributed by atoms with Gasteiger partial charge in [-0.05, 0) is 12.1 Å². The van der Waals surface area contributed by atoms with Crippen molar-refractivity contribution in [3.8, 4) is 0 Å². The van der Waals surface area contributed by atoms with Crippen molar-refractivity contribution in [3.05, 3.63) is 24.3 Å². The number of nitrogens with zero attached hydrogens (tertiary/aromatic N) is 1. The number of amides is 1. The largest absolute Gasteiger partial charge is 0.480 e. The molecule has 1 heterocycles. The first kappa shape index (κ1) is 14.2. The third kappa shape index (κ3) is 3.41. The zero-order valence-corrected chi connectivity index (χ0v) is 11.3. The molecule has 2 aromatic rings. The third-order valence-electron chi connectivity index (χ3n) is 2.50. The molecule has 0 aliphatic carbocycles. The first-order valence-corrected chi connectivity index (χ1v) is 6.46. The Hall–Kier alpha value is -2.22. The molecular weight excluding hydrogens is 282 g/mol. The number of hydrogen-bond donors (Lipinski definition) is 4. The predicted octanol–water partition coefficient (Wildman–Crippen LogP) is 0.739. The van der Waals surface area contributed by atoms with Crippen LogP contribution < -0.4 is 10.6 Å². The van der Waals surface area contributed by atoms with Crippen molar-refractivity contribution in [3.63, 3.8) is 0 Å². The molecule has 1 amide bonds. The highest BCUT2D eigenvalue weighted by Crippen LogP contribution is 2.18. The predicted molar refractivity (Wildman–Crippen MR) is 75.9 cm³/mol. The van der Waals surface area contributed by atoms with E-state index in [1.54, 1.807) is 12.1 Å². The topological polar surface area (TPSA) is 104 Å². The minimum atomic E-state index is -1.11. The zero-order chi connectivity index (χ0) is 14.5. The number of aliphatic carboxylic acids is 1. The monoisotopic (exact) mass is 295 g/mol. The van der Waals surface area contributed by atoms with Crippen LogP contribution in [0.1, 0.15) is 0 Å². The standard InChI is InChI=1S/C12H13N3O4S/c16-10(17)5-13-11(18)8(6-20)15-12-14-7-3-1-2-4-9(7)19-12/h1-4,8,20H,5-6H2,(H,13,18)(H,14,15)(H,16,17). The Morgan fingerprint density at radius 1 is 1.40 bits per heavy atom. The van der Waals surface area contributed by atoms with E-state index in [1.165, 1.54) is 0 Å². The molecule has 20 heavy (non-hydrogen) atoms. The number of rotatable bonds is 6. The molecule has 0 aliphatic rings. The molecule has 1 unspecified atom stereocenters. The fourth-order valence-electron chi connectivity index (χ4n) is 1.56. The summed E-state index contributed by atoms with van der Waals surface area (Å²) in [7, 11) is 0. The first-order valence-electron chi connectivity index (χ1n) is 5.82. The van der Waals surface area contributed by atoms with Gasteiger partial charge in [-0.15, -0.1) is 0 Å². The molecule has 0 bridgehead atoms. The van der Waals surface area contributed by atoms with Gasteiger partial charge in [0.2, 0.25) is 5.91 Å². The summed E-state index contributed by atoms with van der Waals surface area (Å²) in [5, 5.41) is 13.6. The minimum absolute atomic E-state index is 0.171. The fourth-order valence-corrected chi connectivity index (χ4v) is 1.82. The molecule has 1 aromatic heterocycles. The van der Waals surface area contributed by atoms with Crippen LogP contribution in [-0.4, -0.2) is 40.3 Å². The van der Waals surface area contributed by atoms with Crippen molar-refractivity contribution in [2.24, 2.45) is 0 Å². The normalized spacial score (nSPS) is 12.1. The lowest BCUT2D eigenvalue weighted by Gasteiger charge is -2.13. The highest BCUT2D eigenvalue weighted by molar-refractivity contribution is 7.80. The number of carbonyl (C=O) groups is 2. The summed E-state index contributed by atoms with van der Waals surface area (Å²) in [5.74, 6) is -1.42. The summed E-state index contributed by atoms with van der Waals surface area (Å²) in [6, 6.07) is 6.64. The Kier molecular flexibility index (Phi) is 4.46. The Balaban J connectivity index is 2.05. The second kappa shape index (κ2) is 6.29. The van der Waals surface area contributed by atoms with Crippen molar-refractivity contribution in [2.45, 2.75) is 6.04 Å². The molecule has 3 N–H and O–H groups in total. The number of benzene rings is 1. The summed E-state index contributed by atoms with van der Waals surface area (Å²) in [5.41, 5.74) is 1.26. The highest BCUT2D eigenvalue weighted by Gasteiger charge is 2.19. The van der Waals surface area contributed by atoms with Gasteiger partial charge in [-0.2, -0.15) is 17.6 Å². The van der Waals surface area contributed by atoms with E-state index in [1.807, 2.05) is 12.1 Å². The summed E-state index contributed by atoms with van der Waals surface area (Å²) >= 11 is 4.05. The number of oxazole rings is 1. The van der Waals surface area contributed by atoms with Crippen LogP contribution in [0.4, 0.5) is 6.01 Å². The van der Waals surface area contributed by atoms with E-state index in [2.05, 4.69) is 28.2 Å². The van der Waals surface area contributed by atoms with Crippen molar-refractivity contribution in [1.82, 2.24) is 10.3 Å². The number of para-hydroxylation sites is 2. The van der Waals surface area contributed by atoms with Gasteiger partial charge < -0.3 is 20.2 Å². The van der Waals surface area contributed by atoms with E-state index in [-0.39, 0.29) is 11.8 Å². The fraction of sp³-hybridized carbons (Fsp3) is 0.250. The van der Waals surface area contributed by atoms with Gasteiger partial charge in [0.15, 0.2) is 5.58 Å². The number of anilines is 1. The summed E-state index contributed by atoms with van der Waals surface area (Å²) in [6.45, 7) is -0.446. The van der Waals surface area contributed by atoms with Gasteiger partial charge in [-0.25, -0.2) is 0 Å². The lowest BCUT2D eigenvalue weighted by Crippen LogP contribution is -2.42. The van der Waals surface area contributed by atoms with E-state index in [4.69, 9.17) is 9.52 Å². The number of carboxylic acids is 1. The Bertz CT molecular complexity index is 595. The molecule has 0 fully saturated rings. The van der Waals surface area contributed by atoms with Crippen LogP contribution in [0.15, 0.2) is 28.7 Å². The maximum atomic E-state index is 11.7. The van der Waals surface area contributed by atoms with Gasteiger partial charge in [0.1, 0.15) is 18.1 Å². The van der Waals surface area contributed by atoms with Crippen molar-refractivity contribution >= 4 is 41.6 Å². The number of hydrogen-bond acceptors (Lipinski definition) is 6.